The van der Waals surface area contributed by atoms with Gasteiger partial charge in [-0.15, -0.1) is 0 Å². The lowest BCUT2D eigenvalue weighted by Crippen LogP contribution is -2.34. The van der Waals surface area contributed by atoms with Crippen LogP contribution in [0.4, 0.5) is 10.5 Å². The van der Waals surface area contributed by atoms with Gasteiger partial charge in [0.15, 0.2) is 0 Å². The van der Waals surface area contributed by atoms with Crippen LogP contribution in [0, 0.1) is 6.92 Å². The van der Waals surface area contributed by atoms with Crippen molar-refractivity contribution in [3.63, 3.8) is 0 Å². The van der Waals surface area contributed by atoms with E-state index in [4.69, 9.17) is 5.11 Å². The molecule has 1 rings (SSSR count). The van der Waals surface area contributed by atoms with Crippen LogP contribution in [0.2, 0.25) is 0 Å². The van der Waals surface area contributed by atoms with Crippen molar-refractivity contribution in [2.45, 2.75) is 19.8 Å². The van der Waals surface area contributed by atoms with E-state index in [1.54, 1.807) is 12.1 Å². The number of hydrogen-bond acceptors (Lipinski definition) is 3. The van der Waals surface area contributed by atoms with Crippen LogP contribution in [0.3, 0.4) is 0 Å². The van der Waals surface area contributed by atoms with Crippen molar-refractivity contribution in [2.75, 3.05) is 5.32 Å². The molecular formula is C12H13BrN2O4. The zero-order valence-electron chi connectivity index (χ0n) is 10.2. The number of amides is 3. The summed E-state index contributed by atoms with van der Waals surface area (Å²) in [5.41, 5.74) is 1.55. The highest BCUT2D eigenvalue weighted by Gasteiger charge is 2.10. The Balaban J connectivity index is 2.48. The smallest absolute Gasteiger partial charge is 0.325 e. The molecule has 7 heteroatoms. The highest BCUT2D eigenvalue weighted by Crippen LogP contribution is 2.20. The summed E-state index contributed by atoms with van der Waals surface area (Å²) in [5, 5.41) is 12.9. The molecule has 0 heterocycles. The first-order valence-electron chi connectivity index (χ1n) is 5.47. The molecule has 6 nitrogen and oxygen atoms in total. The zero-order chi connectivity index (χ0) is 14.4. The van der Waals surface area contributed by atoms with Gasteiger partial charge in [0.05, 0.1) is 6.42 Å². The van der Waals surface area contributed by atoms with Crippen molar-refractivity contribution in [1.82, 2.24) is 5.32 Å². The first-order chi connectivity index (χ1) is 8.88. The number of carboxylic acids is 1. The van der Waals surface area contributed by atoms with E-state index in [1.807, 2.05) is 13.0 Å². The van der Waals surface area contributed by atoms with Gasteiger partial charge in [0.1, 0.15) is 0 Å². The molecule has 0 fully saturated rings. The molecule has 3 amide bonds. The van der Waals surface area contributed by atoms with E-state index in [2.05, 4.69) is 26.6 Å². The molecule has 0 bridgehead atoms. The number of carbonyl (C=O) groups excluding carboxylic acids is 2. The minimum Gasteiger partial charge on any atom is -0.481 e. The van der Waals surface area contributed by atoms with Gasteiger partial charge in [-0.1, -0.05) is 22.0 Å². The summed E-state index contributed by atoms with van der Waals surface area (Å²) >= 11 is 3.32. The molecule has 0 atom stereocenters. The van der Waals surface area contributed by atoms with E-state index < -0.39 is 17.9 Å². The van der Waals surface area contributed by atoms with Crippen molar-refractivity contribution in [3.8, 4) is 0 Å². The number of carbonyl (C=O) groups is 3. The highest BCUT2D eigenvalue weighted by atomic mass is 79.9. The zero-order valence-corrected chi connectivity index (χ0v) is 11.8. The Morgan fingerprint density at radius 3 is 2.53 bits per heavy atom. The molecule has 0 aromatic heterocycles. The third-order valence-electron chi connectivity index (χ3n) is 2.25. The third kappa shape index (κ3) is 5.52. The fourth-order valence-electron chi connectivity index (χ4n) is 1.24. The number of urea groups is 1. The molecule has 0 saturated heterocycles. The number of aliphatic carboxylic acids is 1. The van der Waals surface area contributed by atoms with Crippen molar-refractivity contribution in [2.24, 2.45) is 0 Å². The lowest BCUT2D eigenvalue weighted by atomic mass is 10.2. The summed E-state index contributed by atoms with van der Waals surface area (Å²) in [6.45, 7) is 1.91. The van der Waals surface area contributed by atoms with Crippen molar-refractivity contribution < 1.29 is 19.5 Å². The fourth-order valence-corrected chi connectivity index (χ4v) is 1.62. The van der Waals surface area contributed by atoms with E-state index >= 15 is 0 Å². The Morgan fingerprint density at radius 1 is 1.26 bits per heavy atom. The molecule has 0 aliphatic carbocycles. The largest absolute Gasteiger partial charge is 0.481 e. The maximum absolute atomic E-state index is 11.5. The van der Waals surface area contributed by atoms with E-state index in [9.17, 15) is 14.4 Å². The van der Waals surface area contributed by atoms with E-state index in [0.29, 0.717) is 5.69 Å². The lowest BCUT2D eigenvalue weighted by Gasteiger charge is -2.07. The van der Waals surface area contributed by atoms with E-state index in [-0.39, 0.29) is 12.8 Å². The van der Waals surface area contributed by atoms with Crippen molar-refractivity contribution in [3.05, 3.63) is 28.2 Å². The average molecular weight is 329 g/mol. The number of rotatable bonds is 4. The topological polar surface area (TPSA) is 95.5 Å². The predicted octanol–water partition coefficient (Wildman–Crippen LogP) is 2.27. The second-order valence-corrected chi connectivity index (χ2v) is 4.71. The van der Waals surface area contributed by atoms with Gasteiger partial charge < -0.3 is 10.4 Å². The molecule has 1 aromatic carbocycles. The number of aryl methyl sites for hydroxylation is 1. The number of halogens is 1. The molecular weight excluding hydrogens is 316 g/mol. The summed E-state index contributed by atoms with van der Waals surface area (Å²) < 4.78 is 0.836. The SMILES string of the molecule is Cc1ccc(NC(=O)NC(=O)CCC(=O)O)cc1Br. The molecule has 0 aliphatic heterocycles. The van der Waals surface area contributed by atoms with Crippen LogP contribution >= 0.6 is 15.9 Å². The summed E-state index contributed by atoms with van der Waals surface area (Å²) in [6, 6.07) is 4.52. The lowest BCUT2D eigenvalue weighted by molar-refractivity contribution is -0.138. The van der Waals surface area contributed by atoms with Gasteiger partial charge >= 0.3 is 12.0 Å². The van der Waals surface area contributed by atoms with Crippen molar-refractivity contribution >= 4 is 39.5 Å². The Labute approximate surface area is 118 Å². The number of imide groups is 1. The van der Waals surface area contributed by atoms with Crippen LogP contribution in [0.1, 0.15) is 18.4 Å². The van der Waals surface area contributed by atoms with E-state index in [1.165, 1.54) is 0 Å². The maximum Gasteiger partial charge on any atom is 0.325 e. The van der Waals surface area contributed by atoms with Gasteiger partial charge in [-0.25, -0.2) is 4.79 Å². The third-order valence-corrected chi connectivity index (χ3v) is 3.10. The van der Waals surface area contributed by atoms with Crippen LogP contribution < -0.4 is 10.6 Å². The standard InChI is InChI=1S/C12H13BrN2O4/c1-7-2-3-8(6-9(7)13)14-12(19)15-10(16)4-5-11(17)18/h2-3,6H,4-5H2,1H3,(H,17,18)(H2,14,15,16,19). The van der Waals surface area contributed by atoms with Gasteiger partial charge in [0.25, 0.3) is 0 Å². The number of benzene rings is 1. The Hall–Kier alpha value is -1.89. The average Bonchev–Trinajstić information content (AvgIpc) is 2.31. The van der Waals surface area contributed by atoms with E-state index in [0.717, 1.165) is 10.0 Å². The number of nitrogens with one attached hydrogen (secondary N) is 2. The van der Waals surface area contributed by atoms with Crippen LogP contribution in [-0.4, -0.2) is 23.0 Å². The number of hydrogen-bond donors (Lipinski definition) is 3. The van der Waals surface area contributed by atoms with Crippen LogP contribution in [0.25, 0.3) is 0 Å². The van der Waals surface area contributed by atoms with Crippen LogP contribution in [-0.2, 0) is 9.59 Å². The molecule has 0 aliphatic rings. The molecule has 0 radical (unpaired) electrons. The quantitative estimate of drug-likeness (QED) is 0.790. The minimum absolute atomic E-state index is 0.236. The summed E-state index contributed by atoms with van der Waals surface area (Å²) in [7, 11) is 0. The van der Waals surface area contributed by atoms with Gasteiger partial charge in [-0.2, -0.15) is 0 Å². The Kier molecular flexibility index (Phi) is 5.50. The predicted molar refractivity (Wildman–Crippen MR) is 72.9 cm³/mol. The molecule has 1 aromatic rings. The number of anilines is 1. The first kappa shape index (κ1) is 15.2. The Bertz CT molecular complexity index is 516. The molecule has 0 spiro atoms. The second-order valence-electron chi connectivity index (χ2n) is 3.86. The fraction of sp³-hybridized carbons (Fsp3) is 0.250. The highest BCUT2D eigenvalue weighted by molar-refractivity contribution is 9.10. The normalized spacial score (nSPS) is 9.79. The molecule has 3 N–H and O–H groups in total. The summed E-state index contributed by atoms with van der Waals surface area (Å²) in [6.07, 6.45) is -0.546. The molecule has 0 unspecified atom stereocenters. The Morgan fingerprint density at radius 2 is 1.95 bits per heavy atom. The van der Waals surface area contributed by atoms with Crippen molar-refractivity contribution in [1.29, 1.82) is 0 Å². The number of carboxylic acid groups (broad SMARTS) is 1. The molecule has 19 heavy (non-hydrogen) atoms. The minimum atomic E-state index is -1.09. The van der Waals surface area contributed by atoms with Gasteiger partial charge in [-0.3, -0.25) is 14.9 Å². The van der Waals surface area contributed by atoms with Gasteiger partial charge in [-0.05, 0) is 24.6 Å². The maximum atomic E-state index is 11.5. The second kappa shape index (κ2) is 6.89. The van der Waals surface area contributed by atoms with Crippen LogP contribution in [0.5, 0.6) is 0 Å². The summed E-state index contributed by atoms with van der Waals surface area (Å²) in [4.78, 5) is 32.9. The summed E-state index contributed by atoms with van der Waals surface area (Å²) in [5.74, 6) is -1.72. The van der Waals surface area contributed by atoms with Gasteiger partial charge in [0, 0.05) is 16.6 Å². The molecule has 0 saturated carbocycles. The molecule has 102 valence electrons. The van der Waals surface area contributed by atoms with Gasteiger partial charge in [0.2, 0.25) is 5.91 Å². The first-order valence-corrected chi connectivity index (χ1v) is 6.26. The monoisotopic (exact) mass is 328 g/mol. The van der Waals surface area contributed by atoms with Crippen LogP contribution in [0.15, 0.2) is 22.7 Å².